The first-order valence-corrected chi connectivity index (χ1v) is 11.9. The predicted molar refractivity (Wildman–Crippen MR) is 120 cm³/mol. The maximum atomic E-state index is 12.9. The molecule has 0 aromatic heterocycles. The van der Waals surface area contributed by atoms with Gasteiger partial charge in [-0.1, -0.05) is 37.8 Å². The van der Waals surface area contributed by atoms with Crippen molar-refractivity contribution in [3.8, 4) is 0 Å². The van der Waals surface area contributed by atoms with E-state index in [1.54, 1.807) is 6.07 Å². The summed E-state index contributed by atoms with van der Waals surface area (Å²) in [5, 5.41) is 2.58. The zero-order valence-corrected chi connectivity index (χ0v) is 18.3. The maximum Gasteiger partial charge on any atom is 0.416 e. The molecule has 1 saturated carbocycles. The largest absolute Gasteiger partial charge is 0.416 e. The summed E-state index contributed by atoms with van der Waals surface area (Å²) in [6.07, 6.45) is 1.88. The van der Waals surface area contributed by atoms with Gasteiger partial charge in [0.25, 0.3) is 0 Å². The molecule has 4 nitrogen and oxygen atoms in total. The number of halogens is 3. The molecule has 2 amide bonds. The van der Waals surface area contributed by atoms with Crippen LogP contribution in [-0.2, 0) is 15.8 Å². The molecule has 4 rings (SSSR count). The summed E-state index contributed by atoms with van der Waals surface area (Å²) in [7, 11) is 0. The fourth-order valence-electron chi connectivity index (χ4n) is 4.39. The number of thioether (sulfide) groups is 1. The van der Waals surface area contributed by atoms with Gasteiger partial charge >= 0.3 is 6.18 Å². The highest BCUT2D eigenvalue weighted by atomic mass is 32.2. The first kappa shape index (κ1) is 22.7. The van der Waals surface area contributed by atoms with Crippen molar-refractivity contribution in [1.29, 1.82) is 0 Å². The van der Waals surface area contributed by atoms with Gasteiger partial charge in [0.05, 0.1) is 11.3 Å². The number of hydrogen-bond acceptors (Lipinski definition) is 3. The van der Waals surface area contributed by atoms with Gasteiger partial charge < -0.3 is 5.32 Å². The molecule has 1 aliphatic carbocycles. The third-order valence-corrected chi connectivity index (χ3v) is 7.26. The maximum absolute atomic E-state index is 12.9. The smallest absolute Gasteiger partial charge is 0.326 e. The van der Waals surface area contributed by atoms with Crippen molar-refractivity contribution in [3.63, 3.8) is 0 Å². The van der Waals surface area contributed by atoms with E-state index in [9.17, 15) is 22.8 Å². The van der Waals surface area contributed by atoms with Gasteiger partial charge in [0.15, 0.2) is 0 Å². The molecule has 1 heterocycles. The zero-order valence-electron chi connectivity index (χ0n) is 17.5. The molecule has 1 atom stereocenters. The van der Waals surface area contributed by atoms with Gasteiger partial charge in [-0.05, 0) is 54.3 Å². The standard InChI is InChI=1S/C24H25F3N2O2S/c25-24(26,27)18-9-11-20(12-10-18)29-22(31)15-32-23(29)17-6-3-7-19(14-17)28-21(30)13-8-16-4-1-2-5-16/h3,6-7,9-12,14,16,23H,1-2,4-5,8,13,15H2,(H,28,30)/t23-/m1/s1. The summed E-state index contributed by atoms with van der Waals surface area (Å²) in [6.45, 7) is 0. The number of rotatable bonds is 6. The van der Waals surface area contributed by atoms with Crippen LogP contribution in [0.2, 0.25) is 0 Å². The van der Waals surface area contributed by atoms with Crippen LogP contribution in [0, 0.1) is 5.92 Å². The third-order valence-electron chi connectivity index (χ3n) is 6.05. The number of anilines is 2. The lowest BCUT2D eigenvalue weighted by atomic mass is 10.0. The average Bonchev–Trinajstić information content (AvgIpc) is 3.41. The lowest BCUT2D eigenvalue weighted by molar-refractivity contribution is -0.137. The number of benzene rings is 2. The Balaban J connectivity index is 1.46. The highest BCUT2D eigenvalue weighted by Gasteiger charge is 2.35. The minimum Gasteiger partial charge on any atom is -0.326 e. The fraction of sp³-hybridized carbons (Fsp3) is 0.417. The van der Waals surface area contributed by atoms with E-state index < -0.39 is 11.7 Å². The minimum atomic E-state index is -4.42. The Kier molecular flexibility index (Phi) is 6.79. The summed E-state index contributed by atoms with van der Waals surface area (Å²) in [4.78, 5) is 26.4. The molecule has 0 spiro atoms. The van der Waals surface area contributed by atoms with Crippen LogP contribution < -0.4 is 10.2 Å². The minimum absolute atomic E-state index is 0.0243. The molecule has 0 radical (unpaired) electrons. The second-order valence-corrected chi connectivity index (χ2v) is 9.40. The molecule has 2 fully saturated rings. The van der Waals surface area contributed by atoms with Gasteiger partial charge in [0.2, 0.25) is 11.8 Å². The van der Waals surface area contributed by atoms with Gasteiger partial charge in [-0.15, -0.1) is 11.8 Å². The molecule has 0 unspecified atom stereocenters. The third kappa shape index (κ3) is 5.28. The summed E-state index contributed by atoms with van der Waals surface area (Å²) in [5.41, 5.74) is 1.14. The van der Waals surface area contributed by atoms with Crippen molar-refractivity contribution in [3.05, 3.63) is 59.7 Å². The van der Waals surface area contributed by atoms with E-state index in [1.807, 2.05) is 18.2 Å². The summed E-state index contributed by atoms with van der Waals surface area (Å²) >= 11 is 1.41. The van der Waals surface area contributed by atoms with Crippen molar-refractivity contribution < 1.29 is 22.8 Å². The highest BCUT2D eigenvalue weighted by molar-refractivity contribution is 8.00. The number of amides is 2. The van der Waals surface area contributed by atoms with Crippen LogP contribution in [0.1, 0.15) is 55.0 Å². The molecule has 1 aliphatic heterocycles. The molecular weight excluding hydrogens is 437 g/mol. The first-order chi connectivity index (χ1) is 15.3. The number of carbonyl (C=O) groups is 2. The van der Waals surface area contributed by atoms with Gasteiger partial charge in [-0.25, -0.2) is 0 Å². The molecule has 1 N–H and O–H groups in total. The van der Waals surface area contributed by atoms with Crippen LogP contribution in [0.15, 0.2) is 48.5 Å². The molecule has 0 bridgehead atoms. The van der Waals surface area contributed by atoms with Crippen molar-refractivity contribution in [2.24, 2.45) is 5.92 Å². The Morgan fingerprint density at radius 1 is 1.09 bits per heavy atom. The van der Waals surface area contributed by atoms with Crippen LogP contribution in [0.5, 0.6) is 0 Å². The molecule has 32 heavy (non-hydrogen) atoms. The lowest BCUT2D eigenvalue weighted by Gasteiger charge is -2.25. The SMILES string of the molecule is O=C(CCC1CCCC1)Nc1cccc([C@H]2SCC(=O)N2c2ccc(C(F)(F)F)cc2)c1. The van der Waals surface area contributed by atoms with Crippen LogP contribution in [-0.4, -0.2) is 17.6 Å². The van der Waals surface area contributed by atoms with E-state index in [0.29, 0.717) is 23.7 Å². The monoisotopic (exact) mass is 462 g/mol. The highest BCUT2D eigenvalue weighted by Crippen LogP contribution is 2.43. The number of hydrogen-bond donors (Lipinski definition) is 1. The Hall–Kier alpha value is -2.48. The zero-order chi connectivity index (χ0) is 22.7. The summed E-state index contributed by atoms with van der Waals surface area (Å²) < 4.78 is 38.7. The molecule has 1 saturated heterocycles. The number of alkyl halides is 3. The van der Waals surface area contributed by atoms with Crippen molar-refractivity contribution >= 4 is 35.0 Å². The average molecular weight is 463 g/mol. The Morgan fingerprint density at radius 2 is 1.81 bits per heavy atom. The Bertz CT molecular complexity index is 972. The predicted octanol–water partition coefficient (Wildman–Crippen LogP) is 6.39. The summed E-state index contributed by atoms with van der Waals surface area (Å²) in [5.74, 6) is 0.698. The number of nitrogens with zero attached hydrogens (tertiary/aromatic N) is 1. The molecule has 8 heteroatoms. The Morgan fingerprint density at radius 3 is 2.50 bits per heavy atom. The lowest BCUT2D eigenvalue weighted by Crippen LogP contribution is -2.28. The second-order valence-electron chi connectivity index (χ2n) is 8.33. The van der Waals surface area contributed by atoms with Crippen LogP contribution >= 0.6 is 11.8 Å². The number of nitrogens with one attached hydrogen (secondary N) is 1. The van der Waals surface area contributed by atoms with Crippen molar-refractivity contribution in [1.82, 2.24) is 0 Å². The van der Waals surface area contributed by atoms with Gasteiger partial charge in [0, 0.05) is 17.8 Å². The van der Waals surface area contributed by atoms with E-state index in [-0.39, 0.29) is 22.9 Å². The van der Waals surface area contributed by atoms with E-state index in [1.165, 1.54) is 54.5 Å². The molecular formula is C24H25F3N2O2S. The van der Waals surface area contributed by atoms with E-state index >= 15 is 0 Å². The van der Waals surface area contributed by atoms with Crippen molar-refractivity contribution in [2.75, 3.05) is 16.0 Å². The van der Waals surface area contributed by atoms with E-state index in [4.69, 9.17) is 0 Å². The summed E-state index contributed by atoms with van der Waals surface area (Å²) in [6, 6.07) is 12.0. The number of carbonyl (C=O) groups excluding carboxylic acids is 2. The van der Waals surface area contributed by atoms with Crippen LogP contribution in [0.25, 0.3) is 0 Å². The fourth-order valence-corrected chi connectivity index (χ4v) is 5.56. The molecule has 2 aromatic carbocycles. The van der Waals surface area contributed by atoms with E-state index in [2.05, 4.69) is 5.32 Å². The second kappa shape index (κ2) is 9.57. The molecule has 2 aromatic rings. The van der Waals surface area contributed by atoms with Gasteiger partial charge in [0.1, 0.15) is 5.37 Å². The quantitative estimate of drug-likeness (QED) is 0.541. The van der Waals surface area contributed by atoms with Crippen LogP contribution in [0.4, 0.5) is 24.5 Å². The van der Waals surface area contributed by atoms with Crippen LogP contribution in [0.3, 0.4) is 0 Å². The van der Waals surface area contributed by atoms with E-state index in [0.717, 1.165) is 24.1 Å². The van der Waals surface area contributed by atoms with Crippen molar-refractivity contribution in [2.45, 2.75) is 50.1 Å². The first-order valence-electron chi connectivity index (χ1n) is 10.8. The van der Waals surface area contributed by atoms with Gasteiger partial charge in [-0.2, -0.15) is 13.2 Å². The molecule has 2 aliphatic rings. The van der Waals surface area contributed by atoms with Gasteiger partial charge in [-0.3, -0.25) is 14.5 Å². The normalized spacial score (nSPS) is 19.5. The topological polar surface area (TPSA) is 49.4 Å². The molecule has 170 valence electrons. The Labute approximate surface area is 189 Å².